The molecule has 3 aromatic rings. The van der Waals surface area contributed by atoms with Gasteiger partial charge in [0.25, 0.3) is 0 Å². The van der Waals surface area contributed by atoms with Crippen molar-refractivity contribution in [3.8, 4) is 17.0 Å². The summed E-state index contributed by atoms with van der Waals surface area (Å²) in [4.78, 5) is 8.63. The Bertz CT molecular complexity index is 769. The molecule has 0 spiro atoms. The number of nitrogens with one attached hydrogen (secondary N) is 1. The number of hydrogen-bond acceptors (Lipinski definition) is 5. The number of nitrogens with zero attached hydrogens (tertiary/aromatic N) is 2. The third kappa shape index (κ3) is 3.31. The van der Waals surface area contributed by atoms with Crippen molar-refractivity contribution in [1.82, 2.24) is 9.97 Å². The molecular weight excluding hydrogens is 430 g/mol. The van der Waals surface area contributed by atoms with Crippen LogP contribution in [0.5, 0.6) is 5.75 Å². The molecule has 0 radical (unpaired) electrons. The lowest BCUT2D eigenvalue weighted by Crippen LogP contribution is -1.94. The molecule has 4 nitrogen and oxygen atoms in total. The monoisotopic (exact) mass is 439 g/mol. The van der Waals surface area contributed by atoms with Gasteiger partial charge < -0.3 is 10.1 Å². The summed E-state index contributed by atoms with van der Waals surface area (Å²) in [5.41, 5.74) is 2.89. The second-order valence-electron chi connectivity index (χ2n) is 4.36. The average molecular weight is 441 g/mol. The third-order valence-corrected chi connectivity index (χ3v) is 4.97. The highest BCUT2D eigenvalue weighted by Crippen LogP contribution is 2.38. The van der Waals surface area contributed by atoms with E-state index in [0.717, 1.165) is 36.8 Å². The normalized spacial score (nSPS) is 10.5. The number of methoxy groups -OCH3 is 1. The quantitative estimate of drug-likeness (QED) is 0.583. The number of anilines is 2. The molecule has 0 saturated heterocycles. The van der Waals surface area contributed by atoms with E-state index >= 15 is 0 Å². The van der Waals surface area contributed by atoms with Crippen LogP contribution in [0.2, 0.25) is 0 Å². The van der Waals surface area contributed by atoms with E-state index in [1.54, 1.807) is 30.8 Å². The second-order valence-corrected chi connectivity index (χ2v) is 6.93. The average Bonchev–Trinajstić information content (AvgIpc) is 3.00. The molecular formula is C15H11Br2N3OS. The van der Waals surface area contributed by atoms with Gasteiger partial charge in [0.15, 0.2) is 5.13 Å². The van der Waals surface area contributed by atoms with Crippen molar-refractivity contribution in [1.29, 1.82) is 0 Å². The fraction of sp³-hybridized carbons (Fsp3) is 0.0667. The van der Waals surface area contributed by atoms with Crippen LogP contribution in [-0.2, 0) is 0 Å². The van der Waals surface area contributed by atoms with E-state index in [1.165, 1.54) is 0 Å². The third-order valence-electron chi connectivity index (χ3n) is 2.96. The summed E-state index contributed by atoms with van der Waals surface area (Å²) in [6.45, 7) is 0. The number of thiazole rings is 1. The zero-order valence-electron chi connectivity index (χ0n) is 11.5. The zero-order chi connectivity index (χ0) is 15.5. The van der Waals surface area contributed by atoms with Gasteiger partial charge in [-0.15, -0.1) is 11.3 Å². The van der Waals surface area contributed by atoms with Crippen molar-refractivity contribution in [3.05, 3.63) is 51.0 Å². The van der Waals surface area contributed by atoms with Gasteiger partial charge in [0.2, 0.25) is 0 Å². The number of ether oxygens (including phenoxy) is 1. The Hall–Kier alpha value is -1.44. The highest BCUT2D eigenvalue weighted by atomic mass is 79.9. The van der Waals surface area contributed by atoms with Gasteiger partial charge in [-0.25, -0.2) is 4.98 Å². The van der Waals surface area contributed by atoms with E-state index < -0.39 is 0 Å². The predicted molar refractivity (Wildman–Crippen MR) is 97.0 cm³/mol. The van der Waals surface area contributed by atoms with Gasteiger partial charge in [-0.1, -0.05) is 0 Å². The van der Waals surface area contributed by atoms with Crippen molar-refractivity contribution in [2.24, 2.45) is 0 Å². The van der Waals surface area contributed by atoms with Gasteiger partial charge in [0, 0.05) is 32.3 Å². The fourth-order valence-corrected chi connectivity index (χ4v) is 3.95. The van der Waals surface area contributed by atoms with Gasteiger partial charge in [-0.05, 0) is 56.1 Å². The molecule has 0 unspecified atom stereocenters. The maximum atomic E-state index is 5.24. The summed E-state index contributed by atoms with van der Waals surface area (Å²) in [6.07, 6.45) is 3.52. The molecule has 1 aromatic carbocycles. The number of pyridine rings is 1. The molecule has 3 rings (SSSR count). The number of aromatic nitrogens is 2. The lowest BCUT2D eigenvalue weighted by Gasteiger charge is -2.10. The van der Waals surface area contributed by atoms with Crippen LogP contribution in [0.25, 0.3) is 11.3 Å². The molecule has 0 bridgehead atoms. The van der Waals surface area contributed by atoms with Crippen molar-refractivity contribution < 1.29 is 4.74 Å². The van der Waals surface area contributed by atoms with Gasteiger partial charge in [-0.2, -0.15) is 0 Å². The lowest BCUT2D eigenvalue weighted by atomic mass is 10.2. The molecule has 0 aliphatic heterocycles. The van der Waals surface area contributed by atoms with E-state index in [2.05, 4.69) is 47.1 Å². The smallest absolute Gasteiger partial charge is 0.187 e. The number of rotatable bonds is 4. The SMILES string of the molecule is COc1cc(Br)c(Nc2nc(-c3ccncc3)cs2)c(Br)c1. The Balaban J connectivity index is 1.87. The molecule has 2 aromatic heterocycles. The van der Waals surface area contributed by atoms with Crippen LogP contribution in [0.1, 0.15) is 0 Å². The minimum absolute atomic E-state index is 0.779. The van der Waals surface area contributed by atoms with Crippen molar-refractivity contribution in [3.63, 3.8) is 0 Å². The van der Waals surface area contributed by atoms with E-state index in [9.17, 15) is 0 Å². The molecule has 0 aliphatic carbocycles. The van der Waals surface area contributed by atoms with E-state index in [-0.39, 0.29) is 0 Å². The Morgan fingerprint density at radius 2 is 1.82 bits per heavy atom. The van der Waals surface area contributed by atoms with Crippen LogP contribution in [0, 0.1) is 0 Å². The van der Waals surface area contributed by atoms with Gasteiger partial charge in [0.05, 0.1) is 18.5 Å². The molecule has 0 fully saturated rings. The second kappa shape index (κ2) is 6.76. The van der Waals surface area contributed by atoms with E-state index in [4.69, 9.17) is 4.74 Å². The largest absolute Gasteiger partial charge is 0.497 e. The highest BCUT2D eigenvalue weighted by Gasteiger charge is 2.11. The lowest BCUT2D eigenvalue weighted by molar-refractivity contribution is 0.414. The molecule has 0 amide bonds. The first-order chi connectivity index (χ1) is 10.7. The molecule has 7 heteroatoms. The summed E-state index contributed by atoms with van der Waals surface area (Å²) >= 11 is 8.64. The van der Waals surface area contributed by atoms with Crippen LogP contribution >= 0.6 is 43.2 Å². The maximum Gasteiger partial charge on any atom is 0.187 e. The first kappa shape index (κ1) is 15.5. The van der Waals surface area contributed by atoms with Crippen LogP contribution in [0.4, 0.5) is 10.8 Å². The Morgan fingerprint density at radius 1 is 1.14 bits per heavy atom. The fourth-order valence-electron chi connectivity index (χ4n) is 1.88. The Kier molecular flexibility index (Phi) is 4.75. The van der Waals surface area contributed by atoms with Crippen molar-refractivity contribution in [2.75, 3.05) is 12.4 Å². The standard InChI is InChI=1S/C15H11Br2N3OS/c1-21-10-6-11(16)14(12(17)7-10)20-15-19-13(8-22-15)9-2-4-18-5-3-9/h2-8H,1H3,(H,19,20). The maximum absolute atomic E-state index is 5.24. The first-order valence-electron chi connectivity index (χ1n) is 6.33. The Labute approximate surface area is 148 Å². The number of benzene rings is 1. The van der Waals surface area contributed by atoms with Crippen molar-refractivity contribution >= 4 is 54.0 Å². The first-order valence-corrected chi connectivity index (χ1v) is 8.80. The highest BCUT2D eigenvalue weighted by molar-refractivity contribution is 9.11. The molecule has 112 valence electrons. The summed E-state index contributed by atoms with van der Waals surface area (Å²) in [5, 5.41) is 6.16. The van der Waals surface area contributed by atoms with Crippen LogP contribution in [0.3, 0.4) is 0 Å². The van der Waals surface area contributed by atoms with Crippen LogP contribution in [0.15, 0.2) is 51.0 Å². The van der Waals surface area contributed by atoms with Gasteiger partial charge in [-0.3, -0.25) is 4.98 Å². The molecule has 0 atom stereocenters. The minimum Gasteiger partial charge on any atom is -0.497 e. The van der Waals surface area contributed by atoms with Crippen LogP contribution in [-0.4, -0.2) is 17.1 Å². The molecule has 22 heavy (non-hydrogen) atoms. The predicted octanol–water partition coefficient (Wildman–Crippen LogP) is 5.48. The minimum atomic E-state index is 0.779. The number of hydrogen-bond donors (Lipinski definition) is 1. The summed E-state index contributed by atoms with van der Waals surface area (Å²) < 4.78 is 7.04. The molecule has 0 aliphatic rings. The van der Waals surface area contributed by atoms with Crippen LogP contribution < -0.4 is 10.1 Å². The molecule has 2 heterocycles. The topological polar surface area (TPSA) is 47.0 Å². The van der Waals surface area contributed by atoms with Gasteiger partial charge in [0.1, 0.15) is 5.75 Å². The summed E-state index contributed by atoms with van der Waals surface area (Å²) in [6, 6.07) is 7.70. The summed E-state index contributed by atoms with van der Waals surface area (Å²) in [5.74, 6) is 0.779. The summed E-state index contributed by atoms with van der Waals surface area (Å²) in [7, 11) is 1.64. The van der Waals surface area contributed by atoms with Crippen molar-refractivity contribution in [2.45, 2.75) is 0 Å². The molecule has 0 saturated carbocycles. The van der Waals surface area contributed by atoms with E-state index in [0.29, 0.717) is 0 Å². The molecule has 1 N–H and O–H groups in total. The zero-order valence-corrected chi connectivity index (χ0v) is 15.5. The van der Waals surface area contributed by atoms with Gasteiger partial charge >= 0.3 is 0 Å². The van der Waals surface area contributed by atoms with E-state index in [1.807, 2.05) is 29.6 Å². The number of halogens is 2. The Morgan fingerprint density at radius 3 is 2.45 bits per heavy atom.